The van der Waals surface area contributed by atoms with E-state index in [-0.39, 0.29) is 30.2 Å². The van der Waals surface area contributed by atoms with Gasteiger partial charge in [-0.15, -0.1) is 0 Å². The molecular weight excluding hydrogens is 348 g/mol. The molecule has 2 aliphatic heterocycles. The highest BCUT2D eigenvalue weighted by Gasteiger charge is 2.45. The largest absolute Gasteiger partial charge is 0.490 e. The summed E-state index contributed by atoms with van der Waals surface area (Å²) in [5.41, 5.74) is 2.28. The lowest BCUT2D eigenvalue weighted by Gasteiger charge is -2.39. The molecule has 2 fully saturated rings. The van der Waals surface area contributed by atoms with Gasteiger partial charge in [0.25, 0.3) is 5.91 Å². The summed E-state index contributed by atoms with van der Waals surface area (Å²) in [6.07, 6.45) is 3.27. The van der Waals surface area contributed by atoms with Gasteiger partial charge >= 0.3 is 6.09 Å². The molecule has 1 aromatic carbocycles. The van der Waals surface area contributed by atoms with E-state index in [1.54, 1.807) is 18.2 Å². The van der Waals surface area contributed by atoms with Crippen LogP contribution in [-0.2, 0) is 9.57 Å². The Morgan fingerprint density at radius 3 is 2.41 bits per heavy atom. The number of amides is 2. The van der Waals surface area contributed by atoms with Crippen LogP contribution in [-0.4, -0.2) is 47.8 Å². The quantitative estimate of drug-likeness (QED) is 0.816. The van der Waals surface area contributed by atoms with Gasteiger partial charge < -0.3 is 14.4 Å². The van der Waals surface area contributed by atoms with Gasteiger partial charge in [-0.2, -0.15) is 0 Å². The average Bonchev–Trinajstić information content (AvgIpc) is 2.85. The van der Waals surface area contributed by atoms with E-state index in [0.717, 1.165) is 25.7 Å². The van der Waals surface area contributed by atoms with Crippen LogP contribution in [0.5, 0.6) is 5.75 Å². The van der Waals surface area contributed by atoms with E-state index in [1.807, 2.05) is 31.7 Å². The van der Waals surface area contributed by atoms with Crippen LogP contribution in [0.1, 0.15) is 56.8 Å². The third kappa shape index (κ3) is 4.71. The minimum absolute atomic E-state index is 0.0157. The summed E-state index contributed by atoms with van der Waals surface area (Å²) in [7, 11) is 1.40. The van der Waals surface area contributed by atoms with Crippen LogP contribution in [0.25, 0.3) is 0 Å². The van der Waals surface area contributed by atoms with Crippen LogP contribution in [0.15, 0.2) is 24.3 Å². The Morgan fingerprint density at radius 1 is 1.15 bits per heavy atom. The number of ether oxygens (including phenoxy) is 2. The number of hydrogen-bond donors (Lipinski definition) is 1. The number of fused-ring (bicyclic) bond motifs is 2. The molecule has 2 bridgehead atoms. The topological polar surface area (TPSA) is 77.1 Å². The molecule has 0 saturated carbocycles. The number of hydroxylamine groups is 1. The molecular formula is C20H28N2O5. The summed E-state index contributed by atoms with van der Waals surface area (Å²) in [6.45, 7) is 5.65. The van der Waals surface area contributed by atoms with Crippen LogP contribution < -0.4 is 10.2 Å². The highest BCUT2D eigenvalue weighted by atomic mass is 16.6. The number of carbonyl (C=O) groups excluding carboxylic acids is 2. The maximum atomic E-state index is 12.5. The smallest absolute Gasteiger partial charge is 0.410 e. The second kappa shape index (κ2) is 7.76. The number of benzene rings is 1. The first-order valence-electron chi connectivity index (χ1n) is 9.38. The normalized spacial score (nSPS) is 24.4. The van der Waals surface area contributed by atoms with Crippen molar-refractivity contribution >= 4 is 12.0 Å². The summed E-state index contributed by atoms with van der Waals surface area (Å²) in [6, 6.07) is 7.31. The Morgan fingerprint density at radius 2 is 1.81 bits per heavy atom. The van der Waals surface area contributed by atoms with Gasteiger partial charge in [0.15, 0.2) is 0 Å². The zero-order chi connectivity index (χ0) is 19.6. The highest BCUT2D eigenvalue weighted by Crippen LogP contribution is 2.38. The van der Waals surface area contributed by atoms with Crippen molar-refractivity contribution in [2.45, 2.75) is 70.2 Å². The van der Waals surface area contributed by atoms with Crippen molar-refractivity contribution in [2.75, 3.05) is 7.11 Å². The number of nitrogens with one attached hydrogen (secondary N) is 1. The Kier molecular flexibility index (Phi) is 5.60. The molecule has 7 nitrogen and oxygen atoms in total. The molecule has 27 heavy (non-hydrogen) atoms. The van der Waals surface area contributed by atoms with Crippen LogP contribution in [0.2, 0.25) is 0 Å². The Hall–Kier alpha value is -2.28. The third-order valence-corrected chi connectivity index (χ3v) is 4.89. The Labute approximate surface area is 159 Å². The molecule has 3 rings (SSSR count). The molecule has 0 aliphatic carbocycles. The van der Waals surface area contributed by atoms with E-state index in [4.69, 9.17) is 9.47 Å². The molecule has 2 amide bonds. The Balaban J connectivity index is 1.63. The molecule has 1 N–H and O–H groups in total. The molecule has 7 heteroatoms. The molecule has 148 valence electrons. The van der Waals surface area contributed by atoms with Crippen molar-refractivity contribution in [3.05, 3.63) is 29.8 Å². The van der Waals surface area contributed by atoms with Gasteiger partial charge in [-0.1, -0.05) is 6.07 Å². The fourth-order valence-electron chi connectivity index (χ4n) is 3.89. The van der Waals surface area contributed by atoms with Crippen LogP contribution in [0, 0.1) is 0 Å². The van der Waals surface area contributed by atoms with Crippen LogP contribution in [0.4, 0.5) is 4.79 Å². The lowest BCUT2D eigenvalue weighted by molar-refractivity contribution is -0.00711. The highest BCUT2D eigenvalue weighted by molar-refractivity contribution is 5.93. The summed E-state index contributed by atoms with van der Waals surface area (Å²) < 4.78 is 11.7. The monoisotopic (exact) mass is 376 g/mol. The van der Waals surface area contributed by atoms with Crippen molar-refractivity contribution < 1.29 is 23.9 Å². The van der Waals surface area contributed by atoms with E-state index < -0.39 is 5.60 Å². The second-order valence-electron chi connectivity index (χ2n) is 8.15. The molecule has 2 heterocycles. The zero-order valence-corrected chi connectivity index (χ0v) is 16.4. The molecule has 2 saturated heterocycles. The average molecular weight is 376 g/mol. The lowest BCUT2D eigenvalue weighted by Crippen LogP contribution is -2.50. The lowest BCUT2D eigenvalue weighted by atomic mass is 10.00. The van der Waals surface area contributed by atoms with Crippen molar-refractivity contribution in [3.63, 3.8) is 0 Å². The SMILES string of the molecule is CONC(=O)c1cccc(O[C@H]2C[C@H]3CC[C@@H](C2)N3C(=O)OC(C)(C)C)c1. The van der Waals surface area contributed by atoms with Crippen molar-refractivity contribution in [1.29, 1.82) is 0 Å². The first kappa shape index (κ1) is 19.5. The molecule has 1 aromatic rings. The minimum Gasteiger partial charge on any atom is -0.490 e. The summed E-state index contributed by atoms with van der Waals surface area (Å²) in [5.74, 6) is 0.330. The van der Waals surface area contributed by atoms with Gasteiger partial charge in [-0.05, 0) is 51.8 Å². The minimum atomic E-state index is -0.493. The third-order valence-electron chi connectivity index (χ3n) is 4.89. The second-order valence-corrected chi connectivity index (χ2v) is 8.15. The van der Waals surface area contributed by atoms with Crippen molar-refractivity contribution in [1.82, 2.24) is 10.4 Å². The molecule has 0 spiro atoms. The number of carbonyl (C=O) groups is 2. The van der Waals surface area contributed by atoms with E-state index in [9.17, 15) is 9.59 Å². The van der Waals surface area contributed by atoms with Gasteiger partial charge in [-0.25, -0.2) is 10.3 Å². The first-order valence-corrected chi connectivity index (χ1v) is 9.38. The molecule has 0 unspecified atom stereocenters. The number of nitrogens with zero attached hydrogens (tertiary/aromatic N) is 1. The van der Waals surface area contributed by atoms with Crippen LogP contribution in [0.3, 0.4) is 0 Å². The predicted molar refractivity (Wildman–Crippen MR) is 99.5 cm³/mol. The van der Waals surface area contributed by atoms with Gasteiger partial charge in [0.05, 0.1) is 7.11 Å². The standard InChI is InChI=1S/C20H28N2O5/c1-20(2,3)27-19(24)22-14-8-9-15(22)12-17(11-14)26-16-7-5-6-13(10-16)18(23)21-25-4/h5-7,10,14-15,17H,8-9,11-12H2,1-4H3,(H,21,23)/t14-,15+,17+. The van der Waals surface area contributed by atoms with Gasteiger partial charge in [-0.3, -0.25) is 9.63 Å². The summed E-state index contributed by atoms with van der Waals surface area (Å²) in [5, 5.41) is 0. The van der Waals surface area contributed by atoms with Crippen molar-refractivity contribution in [3.8, 4) is 5.75 Å². The zero-order valence-electron chi connectivity index (χ0n) is 16.4. The van der Waals surface area contributed by atoms with E-state index >= 15 is 0 Å². The fourth-order valence-corrected chi connectivity index (χ4v) is 3.89. The number of hydrogen-bond acceptors (Lipinski definition) is 5. The fraction of sp³-hybridized carbons (Fsp3) is 0.600. The van der Waals surface area contributed by atoms with Gasteiger partial charge in [0.1, 0.15) is 17.5 Å². The van der Waals surface area contributed by atoms with Crippen LogP contribution >= 0.6 is 0 Å². The summed E-state index contributed by atoms with van der Waals surface area (Å²) >= 11 is 0. The van der Waals surface area contributed by atoms with E-state index in [0.29, 0.717) is 11.3 Å². The molecule has 0 aromatic heterocycles. The molecule has 0 radical (unpaired) electrons. The maximum Gasteiger partial charge on any atom is 0.410 e. The number of piperidine rings is 1. The predicted octanol–water partition coefficient (Wildman–Crippen LogP) is 3.29. The molecule has 3 atom stereocenters. The molecule has 2 aliphatic rings. The van der Waals surface area contributed by atoms with Gasteiger partial charge in [0.2, 0.25) is 0 Å². The number of rotatable bonds is 4. The first-order chi connectivity index (χ1) is 12.8. The maximum absolute atomic E-state index is 12.5. The Bertz CT molecular complexity index is 686. The van der Waals surface area contributed by atoms with E-state index in [2.05, 4.69) is 10.3 Å². The summed E-state index contributed by atoms with van der Waals surface area (Å²) in [4.78, 5) is 31.0. The van der Waals surface area contributed by atoms with Gasteiger partial charge in [0, 0.05) is 30.5 Å². The van der Waals surface area contributed by atoms with E-state index in [1.165, 1.54) is 7.11 Å². The van der Waals surface area contributed by atoms with Crippen molar-refractivity contribution in [2.24, 2.45) is 0 Å².